The molecule has 1 aromatic carbocycles. The van der Waals surface area contributed by atoms with E-state index >= 15 is 0 Å². The lowest BCUT2D eigenvalue weighted by atomic mass is 10.1. The van der Waals surface area contributed by atoms with Gasteiger partial charge >= 0.3 is 5.97 Å². The van der Waals surface area contributed by atoms with Crippen LogP contribution in [0.15, 0.2) is 29.6 Å². The van der Waals surface area contributed by atoms with E-state index in [0.717, 1.165) is 19.3 Å². The number of hydrogen-bond donors (Lipinski definition) is 0. The second kappa shape index (κ2) is 9.91. The van der Waals surface area contributed by atoms with Crippen molar-refractivity contribution in [2.24, 2.45) is 0 Å². The molecule has 0 saturated carbocycles. The number of rotatable bonds is 9. The molecule has 0 N–H and O–H groups in total. The van der Waals surface area contributed by atoms with Gasteiger partial charge in [0.15, 0.2) is 5.69 Å². The molecule has 0 atom stereocenters. The molecule has 2 aromatic rings. The van der Waals surface area contributed by atoms with E-state index in [1.165, 1.54) is 18.4 Å². The van der Waals surface area contributed by atoms with E-state index in [2.05, 4.69) is 16.6 Å². The van der Waals surface area contributed by atoms with E-state index in [1.807, 2.05) is 12.1 Å². The zero-order chi connectivity index (χ0) is 18.9. The minimum absolute atomic E-state index is 0.103. The van der Waals surface area contributed by atoms with Gasteiger partial charge in [-0.25, -0.2) is 9.78 Å². The van der Waals surface area contributed by atoms with Crippen LogP contribution in [0.1, 0.15) is 52.0 Å². The van der Waals surface area contributed by atoms with Gasteiger partial charge in [-0.2, -0.15) is 0 Å². The Hall–Kier alpha value is -2.41. The average molecular weight is 376 g/mol. The molecule has 140 valence electrons. The highest BCUT2D eigenvalue weighted by molar-refractivity contribution is 7.09. The fraction of sp³-hybridized carbons (Fsp3) is 0.421. The van der Waals surface area contributed by atoms with E-state index in [4.69, 9.17) is 4.74 Å². The molecular weight excluding hydrogens is 352 g/mol. The standard InChI is InChI=1S/C19H24N2O4S/c1-4-5-8-11-21(12-17-20-15(13-26-17)19(23)25-3)18(22)14-9-6-7-10-16(14)24-2/h6-7,9-10,13H,4-5,8,11-12H2,1-3H3. The van der Waals surface area contributed by atoms with Gasteiger partial charge in [-0.15, -0.1) is 11.3 Å². The van der Waals surface area contributed by atoms with E-state index in [0.29, 0.717) is 29.4 Å². The molecule has 7 heteroatoms. The summed E-state index contributed by atoms with van der Waals surface area (Å²) >= 11 is 1.35. The van der Waals surface area contributed by atoms with Gasteiger partial charge in [0, 0.05) is 11.9 Å². The third-order valence-corrected chi connectivity index (χ3v) is 4.76. The van der Waals surface area contributed by atoms with Gasteiger partial charge in [-0.3, -0.25) is 4.79 Å². The Kier molecular flexibility index (Phi) is 7.59. The Morgan fingerprint density at radius 1 is 1.19 bits per heavy atom. The number of ether oxygens (including phenoxy) is 2. The predicted octanol–water partition coefficient (Wildman–Crippen LogP) is 3.77. The quantitative estimate of drug-likeness (QED) is 0.492. The summed E-state index contributed by atoms with van der Waals surface area (Å²) in [5.74, 6) is -0.0261. The summed E-state index contributed by atoms with van der Waals surface area (Å²) in [5.41, 5.74) is 0.794. The van der Waals surface area contributed by atoms with Crippen LogP contribution >= 0.6 is 11.3 Å². The smallest absolute Gasteiger partial charge is 0.357 e. The van der Waals surface area contributed by atoms with Gasteiger partial charge in [-0.05, 0) is 18.6 Å². The maximum Gasteiger partial charge on any atom is 0.357 e. The molecule has 26 heavy (non-hydrogen) atoms. The van der Waals surface area contributed by atoms with E-state index in [1.54, 1.807) is 29.5 Å². The van der Waals surface area contributed by atoms with Crippen LogP contribution in [0.2, 0.25) is 0 Å². The van der Waals surface area contributed by atoms with Gasteiger partial charge < -0.3 is 14.4 Å². The molecule has 6 nitrogen and oxygen atoms in total. The van der Waals surface area contributed by atoms with Crippen LogP contribution in [0.3, 0.4) is 0 Å². The molecular formula is C19H24N2O4S. The summed E-state index contributed by atoms with van der Waals surface area (Å²) in [5, 5.41) is 2.35. The Labute approximate surface area is 157 Å². The maximum atomic E-state index is 13.1. The highest BCUT2D eigenvalue weighted by atomic mass is 32.1. The summed E-state index contributed by atoms with van der Waals surface area (Å²) in [6.07, 6.45) is 3.02. The Morgan fingerprint density at radius 3 is 2.65 bits per heavy atom. The highest BCUT2D eigenvalue weighted by Gasteiger charge is 2.21. The van der Waals surface area contributed by atoms with Crippen LogP contribution in [-0.2, 0) is 11.3 Å². The lowest BCUT2D eigenvalue weighted by Crippen LogP contribution is -2.32. The molecule has 2 rings (SSSR count). The third-order valence-electron chi connectivity index (χ3n) is 3.93. The fourth-order valence-electron chi connectivity index (χ4n) is 2.54. The minimum atomic E-state index is -0.471. The number of carbonyl (C=O) groups excluding carboxylic acids is 2. The van der Waals surface area contributed by atoms with Gasteiger partial charge in [0.2, 0.25) is 0 Å². The first-order valence-electron chi connectivity index (χ1n) is 8.55. The van der Waals surface area contributed by atoms with Crippen molar-refractivity contribution in [3.63, 3.8) is 0 Å². The number of methoxy groups -OCH3 is 2. The number of amides is 1. The van der Waals surface area contributed by atoms with E-state index in [9.17, 15) is 9.59 Å². The fourth-order valence-corrected chi connectivity index (χ4v) is 3.32. The van der Waals surface area contributed by atoms with Crippen molar-refractivity contribution < 1.29 is 19.1 Å². The SMILES string of the molecule is CCCCCN(Cc1nc(C(=O)OC)cs1)C(=O)c1ccccc1OC. The second-order valence-corrected chi connectivity index (χ2v) is 6.69. The zero-order valence-electron chi connectivity index (χ0n) is 15.4. The number of esters is 1. The average Bonchev–Trinajstić information content (AvgIpc) is 3.14. The summed E-state index contributed by atoms with van der Waals surface area (Å²) in [4.78, 5) is 30.7. The van der Waals surface area contributed by atoms with Gasteiger partial charge in [0.25, 0.3) is 5.91 Å². The lowest BCUT2D eigenvalue weighted by Gasteiger charge is -2.22. The summed E-state index contributed by atoms with van der Waals surface area (Å²) < 4.78 is 10.0. The molecule has 0 aliphatic rings. The summed E-state index contributed by atoms with van der Waals surface area (Å²) in [7, 11) is 2.88. The molecule has 0 saturated heterocycles. The number of hydrogen-bond acceptors (Lipinski definition) is 6. The van der Waals surface area contributed by atoms with Gasteiger partial charge in [-0.1, -0.05) is 31.9 Å². The number of carbonyl (C=O) groups is 2. The molecule has 1 heterocycles. The number of thiazole rings is 1. The van der Waals surface area contributed by atoms with Crippen LogP contribution in [0.4, 0.5) is 0 Å². The molecule has 0 spiro atoms. The van der Waals surface area contributed by atoms with Crippen LogP contribution in [0.5, 0.6) is 5.75 Å². The van der Waals surface area contributed by atoms with Crippen LogP contribution in [-0.4, -0.2) is 42.5 Å². The summed E-state index contributed by atoms with van der Waals surface area (Å²) in [6.45, 7) is 3.09. The zero-order valence-corrected chi connectivity index (χ0v) is 16.2. The second-order valence-electron chi connectivity index (χ2n) is 5.75. The molecule has 0 bridgehead atoms. The molecule has 0 fully saturated rings. The van der Waals surface area contributed by atoms with Crippen molar-refractivity contribution in [3.05, 3.63) is 45.9 Å². The number of nitrogens with zero attached hydrogens (tertiary/aromatic N) is 2. The van der Waals surface area contributed by atoms with Crippen molar-refractivity contribution in [3.8, 4) is 5.75 Å². The van der Waals surface area contributed by atoms with Crippen molar-refractivity contribution >= 4 is 23.2 Å². The minimum Gasteiger partial charge on any atom is -0.496 e. The molecule has 0 radical (unpaired) electrons. The predicted molar refractivity (Wildman–Crippen MR) is 101 cm³/mol. The molecule has 1 amide bonds. The number of benzene rings is 1. The van der Waals surface area contributed by atoms with Crippen molar-refractivity contribution in [2.45, 2.75) is 32.7 Å². The molecule has 0 aliphatic carbocycles. The third kappa shape index (κ3) is 5.05. The summed E-state index contributed by atoms with van der Waals surface area (Å²) in [6, 6.07) is 7.19. The molecule has 1 aromatic heterocycles. The first-order valence-corrected chi connectivity index (χ1v) is 9.43. The van der Waals surface area contributed by atoms with Crippen LogP contribution < -0.4 is 4.74 Å². The van der Waals surface area contributed by atoms with Crippen molar-refractivity contribution in [1.29, 1.82) is 0 Å². The van der Waals surface area contributed by atoms with E-state index < -0.39 is 5.97 Å². The first kappa shape index (κ1) is 19.9. The Morgan fingerprint density at radius 2 is 1.96 bits per heavy atom. The first-order chi connectivity index (χ1) is 12.6. The van der Waals surface area contributed by atoms with Crippen LogP contribution in [0, 0.1) is 0 Å². The lowest BCUT2D eigenvalue weighted by molar-refractivity contribution is 0.0594. The van der Waals surface area contributed by atoms with E-state index in [-0.39, 0.29) is 11.6 Å². The van der Waals surface area contributed by atoms with Crippen LogP contribution in [0.25, 0.3) is 0 Å². The highest BCUT2D eigenvalue weighted by Crippen LogP contribution is 2.22. The normalized spacial score (nSPS) is 10.4. The monoisotopic (exact) mass is 376 g/mol. The topological polar surface area (TPSA) is 68.7 Å². The Balaban J connectivity index is 2.20. The van der Waals surface area contributed by atoms with Gasteiger partial charge in [0.1, 0.15) is 10.8 Å². The maximum absolute atomic E-state index is 13.1. The number of para-hydroxylation sites is 1. The largest absolute Gasteiger partial charge is 0.496 e. The van der Waals surface area contributed by atoms with Crippen molar-refractivity contribution in [1.82, 2.24) is 9.88 Å². The number of unbranched alkanes of at least 4 members (excludes halogenated alkanes) is 2. The van der Waals surface area contributed by atoms with Crippen molar-refractivity contribution in [2.75, 3.05) is 20.8 Å². The van der Waals surface area contributed by atoms with Gasteiger partial charge in [0.05, 0.1) is 26.3 Å². The molecule has 0 aliphatic heterocycles. The Bertz CT molecular complexity index is 745. The number of aromatic nitrogens is 1. The molecule has 0 unspecified atom stereocenters.